The molecule has 0 radical (unpaired) electrons. The minimum absolute atomic E-state index is 0.0775. The highest BCUT2D eigenvalue weighted by molar-refractivity contribution is 7.17. The van der Waals surface area contributed by atoms with Crippen molar-refractivity contribution in [1.29, 1.82) is 0 Å². The number of amides is 1. The number of rotatable bonds is 3. The number of nitrogens with zero attached hydrogens (tertiary/aromatic N) is 3. The lowest BCUT2D eigenvalue weighted by Gasteiger charge is -2.14. The average molecular weight is 249 g/mol. The van der Waals surface area contributed by atoms with Crippen LogP contribution in [0.1, 0.15) is 16.3 Å². The Balaban J connectivity index is 2.37. The average Bonchev–Trinajstić information content (AvgIpc) is 2.76. The summed E-state index contributed by atoms with van der Waals surface area (Å²) in [5, 5.41) is 0. The summed E-state index contributed by atoms with van der Waals surface area (Å²) in [5.74, 6) is -0.0775. The Morgan fingerprint density at radius 1 is 1.65 bits per heavy atom. The van der Waals surface area contributed by atoms with Gasteiger partial charge in [-0.2, -0.15) is 0 Å². The normalized spacial score (nSPS) is 10.8. The number of carbonyl (C=O) groups is 1. The Hall–Kier alpha value is -1.62. The molecule has 0 aliphatic carbocycles. The van der Waals surface area contributed by atoms with Crippen molar-refractivity contribution in [1.82, 2.24) is 14.3 Å². The zero-order chi connectivity index (χ0) is 12.6. The molecule has 0 spiro atoms. The van der Waals surface area contributed by atoms with E-state index in [2.05, 4.69) is 29.1 Å². The Bertz CT molecular complexity index is 582. The number of fused-ring (bicyclic) bond motifs is 1. The summed E-state index contributed by atoms with van der Waals surface area (Å²) in [4.78, 5) is 19.8. The first kappa shape index (κ1) is 11.9. The molecule has 2 heterocycles. The van der Waals surface area contributed by atoms with Crippen LogP contribution in [0, 0.1) is 13.8 Å². The summed E-state index contributed by atoms with van der Waals surface area (Å²) in [6.45, 7) is 8.06. The van der Waals surface area contributed by atoms with Gasteiger partial charge < -0.3 is 4.90 Å². The standard InChI is InChI=1S/C12H15N3OS/c1-5-11(16)14(4)7-10-9(3)13-12-15(10)6-8(2)17-12/h5-6H,1,7H2,2-4H3. The van der Waals surface area contributed by atoms with E-state index in [1.807, 2.05) is 6.92 Å². The van der Waals surface area contributed by atoms with Gasteiger partial charge in [0, 0.05) is 18.1 Å². The molecule has 0 saturated heterocycles. The molecule has 4 nitrogen and oxygen atoms in total. The highest BCUT2D eigenvalue weighted by Gasteiger charge is 2.14. The third kappa shape index (κ3) is 2.10. The molecule has 2 aromatic heterocycles. The van der Waals surface area contributed by atoms with E-state index in [4.69, 9.17) is 0 Å². The van der Waals surface area contributed by atoms with E-state index in [9.17, 15) is 4.79 Å². The van der Waals surface area contributed by atoms with Gasteiger partial charge >= 0.3 is 0 Å². The maximum absolute atomic E-state index is 11.5. The first-order valence-electron chi connectivity index (χ1n) is 5.34. The summed E-state index contributed by atoms with van der Waals surface area (Å²) in [5.41, 5.74) is 2.03. The molecule has 0 aliphatic heterocycles. The van der Waals surface area contributed by atoms with Gasteiger partial charge in [0.15, 0.2) is 4.96 Å². The fourth-order valence-electron chi connectivity index (χ4n) is 1.76. The number of likely N-dealkylation sites (N-methyl/N-ethyl adjacent to an activating group) is 1. The zero-order valence-electron chi connectivity index (χ0n) is 10.2. The number of thiazole rings is 1. The van der Waals surface area contributed by atoms with E-state index in [0.717, 1.165) is 16.3 Å². The summed E-state index contributed by atoms with van der Waals surface area (Å²) < 4.78 is 2.06. The van der Waals surface area contributed by atoms with Gasteiger partial charge in [-0.25, -0.2) is 4.98 Å². The van der Waals surface area contributed by atoms with Crippen LogP contribution in [-0.2, 0) is 11.3 Å². The molecule has 0 aliphatic rings. The smallest absolute Gasteiger partial charge is 0.246 e. The largest absolute Gasteiger partial charge is 0.336 e. The van der Waals surface area contributed by atoms with Crippen molar-refractivity contribution in [2.24, 2.45) is 0 Å². The van der Waals surface area contributed by atoms with Crippen LogP contribution in [0.2, 0.25) is 0 Å². The van der Waals surface area contributed by atoms with E-state index >= 15 is 0 Å². The second kappa shape index (κ2) is 4.33. The topological polar surface area (TPSA) is 37.6 Å². The summed E-state index contributed by atoms with van der Waals surface area (Å²) in [6, 6.07) is 0. The molecule has 0 bridgehead atoms. The van der Waals surface area contributed by atoms with Gasteiger partial charge in [-0.3, -0.25) is 9.20 Å². The van der Waals surface area contributed by atoms with Crippen LogP contribution >= 0.6 is 11.3 Å². The molecule has 0 unspecified atom stereocenters. The molecule has 0 N–H and O–H groups in total. The molecule has 90 valence electrons. The molecule has 0 aromatic carbocycles. The molecule has 2 aromatic rings. The van der Waals surface area contributed by atoms with Crippen LogP contribution in [0.3, 0.4) is 0 Å². The maximum Gasteiger partial charge on any atom is 0.246 e. The van der Waals surface area contributed by atoms with Gasteiger partial charge in [0.05, 0.1) is 17.9 Å². The molecule has 2 rings (SSSR count). The monoisotopic (exact) mass is 249 g/mol. The fourth-order valence-corrected chi connectivity index (χ4v) is 2.65. The highest BCUT2D eigenvalue weighted by atomic mass is 32.1. The molecule has 0 saturated carbocycles. The third-order valence-corrected chi connectivity index (χ3v) is 3.58. The Morgan fingerprint density at radius 2 is 2.35 bits per heavy atom. The summed E-state index contributed by atoms with van der Waals surface area (Å²) >= 11 is 1.66. The molecule has 0 atom stereocenters. The first-order chi connectivity index (χ1) is 8.02. The van der Waals surface area contributed by atoms with Gasteiger partial charge in [0.1, 0.15) is 0 Å². The second-order valence-electron chi connectivity index (χ2n) is 4.04. The summed E-state index contributed by atoms with van der Waals surface area (Å²) in [6.07, 6.45) is 3.38. The van der Waals surface area contributed by atoms with Crippen molar-refractivity contribution in [2.45, 2.75) is 20.4 Å². The van der Waals surface area contributed by atoms with Crippen LogP contribution < -0.4 is 0 Å². The van der Waals surface area contributed by atoms with Crippen molar-refractivity contribution in [3.05, 3.63) is 35.1 Å². The SMILES string of the molecule is C=CC(=O)N(C)Cc1c(C)nc2sc(C)cn12. The fraction of sp³-hybridized carbons (Fsp3) is 0.333. The van der Waals surface area contributed by atoms with Crippen LogP contribution in [0.4, 0.5) is 0 Å². The predicted molar refractivity (Wildman–Crippen MR) is 69.2 cm³/mol. The van der Waals surface area contributed by atoms with E-state index in [1.54, 1.807) is 23.3 Å². The van der Waals surface area contributed by atoms with Crippen LogP contribution in [0.5, 0.6) is 0 Å². The number of carbonyl (C=O) groups excluding carboxylic acids is 1. The van der Waals surface area contributed by atoms with Crippen molar-refractivity contribution < 1.29 is 4.79 Å². The van der Waals surface area contributed by atoms with Gasteiger partial charge in [0.2, 0.25) is 5.91 Å². The molecule has 17 heavy (non-hydrogen) atoms. The molecular formula is C12H15N3OS. The van der Waals surface area contributed by atoms with Gasteiger partial charge in [-0.05, 0) is 19.9 Å². The predicted octanol–water partition coefficient (Wildman–Crippen LogP) is 2.16. The van der Waals surface area contributed by atoms with Crippen molar-refractivity contribution in [2.75, 3.05) is 7.05 Å². The van der Waals surface area contributed by atoms with Crippen molar-refractivity contribution >= 4 is 22.2 Å². The van der Waals surface area contributed by atoms with E-state index < -0.39 is 0 Å². The number of imidazole rings is 1. The van der Waals surface area contributed by atoms with Crippen molar-refractivity contribution in [3.8, 4) is 0 Å². The first-order valence-corrected chi connectivity index (χ1v) is 6.16. The Kier molecular flexibility index (Phi) is 3.02. The molecular weight excluding hydrogens is 234 g/mol. The van der Waals surface area contributed by atoms with Crippen LogP contribution in [0.25, 0.3) is 4.96 Å². The number of hydrogen-bond donors (Lipinski definition) is 0. The minimum atomic E-state index is -0.0775. The lowest BCUT2D eigenvalue weighted by Crippen LogP contribution is -2.24. The van der Waals surface area contributed by atoms with Crippen LogP contribution in [0.15, 0.2) is 18.9 Å². The Labute approximate surface area is 104 Å². The summed E-state index contributed by atoms with van der Waals surface area (Å²) in [7, 11) is 1.77. The van der Waals surface area contributed by atoms with Crippen LogP contribution in [-0.4, -0.2) is 27.2 Å². The maximum atomic E-state index is 11.5. The number of aryl methyl sites for hydroxylation is 2. The van der Waals surface area contributed by atoms with Gasteiger partial charge in [0.25, 0.3) is 0 Å². The molecule has 1 amide bonds. The third-order valence-electron chi connectivity index (χ3n) is 2.68. The second-order valence-corrected chi connectivity index (χ2v) is 5.25. The Morgan fingerprint density at radius 3 is 3.00 bits per heavy atom. The van der Waals surface area contributed by atoms with E-state index in [0.29, 0.717) is 6.54 Å². The lowest BCUT2D eigenvalue weighted by atomic mass is 10.3. The number of hydrogen-bond acceptors (Lipinski definition) is 3. The van der Waals surface area contributed by atoms with Gasteiger partial charge in [-0.1, -0.05) is 6.58 Å². The van der Waals surface area contributed by atoms with Gasteiger partial charge in [-0.15, -0.1) is 11.3 Å². The van der Waals surface area contributed by atoms with E-state index in [1.165, 1.54) is 11.0 Å². The quantitative estimate of drug-likeness (QED) is 0.782. The van der Waals surface area contributed by atoms with E-state index in [-0.39, 0.29) is 5.91 Å². The van der Waals surface area contributed by atoms with Crippen molar-refractivity contribution in [3.63, 3.8) is 0 Å². The minimum Gasteiger partial charge on any atom is -0.336 e. The lowest BCUT2D eigenvalue weighted by molar-refractivity contribution is -0.125. The zero-order valence-corrected chi connectivity index (χ0v) is 11.0. The molecule has 0 fully saturated rings. The molecule has 5 heteroatoms. The highest BCUT2D eigenvalue weighted by Crippen LogP contribution is 2.21. The number of aromatic nitrogens is 2.